The van der Waals surface area contributed by atoms with Gasteiger partial charge in [-0.15, -0.1) is 0 Å². The number of carbonyl (C=O) groups is 1. The van der Waals surface area contributed by atoms with Crippen molar-refractivity contribution in [3.05, 3.63) is 29.3 Å². The highest BCUT2D eigenvalue weighted by Crippen LogP contribution is 2.20. The van der Waals surface area contributed by atoms with Crippen molar-refractivity contribution in [2.75, 3.05) is 13.7 Å². The van der Waals surface area contributed by atoms with Crippen LogP contribution in [0.5, 0.6) is 5.75 Å². The zero-order chi connectivity index (χ0) is 12.1. The Kier molecular flexibility index (Phi) is 4.50. The number of Topliss-reactive ketones (excluding diaryl/α,β-unsaturated/α-hetero) is 1. The molecule has 0 fully saturated rings. The first-order chi connectivity index (χ1) is 7.60. The summed E-state index contributed by atoms with van der Waals surface area (Å²) in [6, 6.07) is 5.41. The summed E-state index contributed by atoms with van der Waals surface area (Å²) in [6.07, 6.45) is 0.504. The molecule has 0 aromatic heterocycles. The Morgan fingerprint density at radius 1 is 1.50 bits per heavy atom. The van der Waals surface area contributed by atoms with Gasteiger partial charge < -0.3 is 9.84 Å². The summed E-state index contributed by atoms with van der Waals surface area (Å²) in [5.74, 6) is 0.690. The normalized spacial score (nSPS) is 12.2. The van der Waals surface area contributed by atoms with Gasteiger partial charge >= 0.3 is 0 Å². The molecule has 0 saturated heterocycles. The monoisotopic (exact) mass is 222 g/mol. The van der Waals surface area contributed by atoms with E-state index < -0.39 is 0 Å². The van der Waals surface area contributed by atoms with Gasteiger partial charge in [-0.05, 0) is 37.1 Å². The number of aliphatic hydroxyl groups excluding tert-OH is 1. The van der Waals surface area contributed by atoms with Crippen molar-refractivity contribution in [2.45, 2.75) is 20.3 Å². The third-order valence-corrected chi connectivity index (χ3v) is 2.71. The van der Waals surface area contributed by atoms with E-state index in [9.17, 15) is 4.79 Å². The Hall–Kier alpha value is -1.35. The lowest BCUT2D eigenvalue weighted by atomic mass is 9.94. The van der Waals surface area contributed by atoms with Gasteiger partial charge in [-0.2, -0.15) is 0 Å². The fourth-order valence-electron chi connectivity index (χ4n) is 1.63. The lowest BCUT2D eigenvalue weighted by Gasteiger charge is -2.11. The van der Waals surface area contributed by atoms with E-state index in [4.69, 9.17) is 9.84 Å². The van der Waals surface area contributed by atoms with Gasteiger partial charge in [0.1, 0.15) is 5.75 Å². The van der Waals surface area contributed by atoms with Crippen LogP contribution in [0.3, 0.4) is 0 Å². The summed E-state index contributed by atoms with van der Waals surface area (Å²) < 4.78 is 5.09. The molecule has 0 aliphatic rings. The molecule has 88 valence electrons. The minimum Gasteiger partial charge on any atom is -0.497 e. The molecule has 1 atom stereocenters. The number of benzene rings is 1. The lowest BCUT2D eigenvalue weighted by Crippen LogP contribution is -2.14. The molecule has 1 aromatic rings. The number of ketones is 1. The van der Waals surface area contributed by atoms with E-state index in [1.54, 1.807) is 19.2 Å². The van der Waals surface area contributed by atoms with Crippen LogP contribution in [0.15, 0.2) is 18.2 Å². The highest BCUT2D eigenvalue weighted by atomic mass is 16.5. The van der Waals surface area contributed by atoms with Crippen LogP contribution < -0.4 is 4.74 Å². The molecule has 0 spiro atoms. The van der Waals surface area contributed by atoms with E-state index in [1.807, 2.05) is 19.9 Å². The van der Waals surface area contributed by atoms with Crippen molar-refractivity contribution in [3.63, 3.8) is 0 Å². The second kappa shape index (κ2) is 5.66. The van der Waals surface area contributed by atoms with E-state index in [0.29, 0.717) is 12.0 Å². The van der Waals surface area contributed by atoms with Crippen LogP contribution in [0, 0.1) is 12.8 Å². The summed E-state index contributed by atoms with van der Waals surface area (Å²) >= 11 is 0. The topological polar surface area (TPSA) is 46.5 Å². The minimum absolute atomic E-state index is 0.0438. The van der Waals surface area contributed by atoms with Crippen molar-refractivity contribution >= 4 is 5.78 Å². The molecule has 0 amide bonds. The predicted molar refractivity (Wildman–Crippen MR) is 62.9 cm³/mol. The van der Waals surface area contributed by atoms with Crippen LogP contribution in [0.25, 0.3) is 0 Å². The fourth-order valence-corrected chi connectivity index (χ4v) is 1.63. The van der Waals surface area contributed by atoms with Crippen LogP contribution in [0.4, 0.5) is 0 Å². The Bertz CT molecular complexity index is 371. The molecule has 0 aliphatic carbocycles. The van der Waals surface area contributed by atoms with Gasteiger partial charge in [0.15, 0.2) is 5.78 Å². The van der Waals surface area contributed by atoms with E-state index in [2.05, 4.69) is 0 Å². The predicted octanol–water partition coefficient (Wildman–Crippen LogP) is 2.20. The molecule has 1 aromatic carbocycles. The first-order valence-electron chi connectivity index (χ1n) is 5.40. The van der Waals surface area contributed by atoms with E-state index >= 15 is 0 Å². The SMILES string of the molecule is COc1ccc(C(=O)C(C)CCO)c(C)c1. The second-order valence-electron chi connectivity index (χ2n) is 3.96. The molecular weight excluding hydrogens is 204 g/mol. The molecule has 0 bridgehead atoms. The average Bonchev–Trinajstić information content (AvgIpc) is 2.28. The summed E-state index contributed by atoms with van der Waals surface area (Å²) in [4.78, 5) is 12.0. The van der Waals surface area contributed by atoms with E-state index in [0.717, 1.165) is 11.3 Å². The third kappa shape index (κ3) is 2.83. The Labute approximate surface area is 96.1 Å². The Balaban J connectivity index is 2.91. The summed E-state index contributed by atoms with van der Waals surface area (Å²) in [5, 5.41) is 8.81. The molecule has 1 N–H and O–H groups in total. The minimum atomic E-state index is -0.142. The third-order valence-electron chi connectivity index (χ3n) is 2.71. The molecule has 16 heavy (non-hydrogen) atoms. The van der Waals surface area contributed by atoms with Crippen molar-refractivity contribution in [1.29, 1.82) is 0 Å². The number of rotatable bonds is 5. The van der Waals surface area contributed by atoms with Gasteiger partial charge in [-0.25, -0.2) is 0 Å². The second-order valence-corrected chi connectivity index (χ2v) is 3.96. The zero-order valence-corrected chi connectivity index (χ0v) is 9.99. The first kappa shape index (κ1) is 12.7. The van der Waals surface area contributed by atoms with Crippen molar-refractivity contribution in [1.82, 2.24) is 0 Å². The maximum Gasteiger partial charge on any atom is 0.166 e. The number of hydrogen-bond acceptors (Lipinski definition) is 3. The van der Waals surface area contributed by atoms with Gasteiger partial charge in [0, 0.05) is 18.1 Å². The summed E-state index contributed by atoms with van der Waals surface area (Å²) in [6.45, 7) is 3.77. The van der Waals surface area contributed by atoms with Gasteiger partial charge in [0.05, 0.1) is 7.11 Å². The molecule has 0 aliphatic heterocycles. The quantitative estimate of drug-likeness (QED) is 0.777. The standard InChI is InChI=1S/C13H18O3/c1-9(6-7-14)13(15)12-5-4-11(16-3)8-10(12)2/h4-5,8-9,14H,6-7H2,1-3H3. The van der Waals surface area contributed by atoms with Crippen LogP contribution >= 0.6 is 0 Å². The van der Waals surface area contributed by atoms with Crippen LogP contribution in [-0.4, -0.2) is 24.6 Å². The van der Waals surface area contributed by atoms with Gasteiger partial charge in [0.2, 0.25) is 0 Å². The van der Waals surface area contributed by atoms with Gasteiger partial charge in [-0.3, -0.25) is 4.79 Å². The maximum absolute atomic E-state index is 12.0. The fraction of sp³-hybridized carbons (Fsp3) is 0.462. The van der Waals surface area contributed by atoms with Crippen LogP contribution in [-0.2, 0) is 0 Å². The molecular formula is C13H18O3. The van der Waals surface area contributed by atoms with Crippen molar-refractivity contribution < 1.29 is 14.6 Å². The Morgan fingerprint density at radius 3 is 2.69 bits per heavy atom. The van der Waals surface area contributed by atoms with Crippen LogP contribution in [0.2, 0.25) is 0 Å². The smallest absolute Gasteiger partial charge is 0.166 e. The van der Waals surface area contributed by atoms with E-state index in [-0.39, 0.29) is 18.3 Å². The molecule has 1 rings (SSSR count). The molecule has 0 saturated carbocycles. The zero-order valence-electron chi connectivity index (χ0n) is 9.99. The number of methoxy groups -OCH3 is 1. The highest BCUT2D eigenvalue weighted by molar-refractivity contribution is 5.99. The Morgan fingerprint density at radius 2 is 2.19 bits per heavy atom. The van der Waals surface area contributed by atoms with Gasteiger partial charge in [0.25, 0.3) is 0 Å². The number of aryl methyl sites for hydroxylation is 1. The first-order valence-corrected chi connectivity index (χ1v) is 5.40. The van der Waals surface area contributed by atoms with Crippen molar-refractivity contribution in [3.8, 4) is 5.75 Å². The van der Waals surface area contributed by atoms with Crippen molar-refractivity contribution in [2.24, 2.45) is 5.92 Å². The number of hydrogen-bond donors (Lipinski definition) is 1. The molecule has 0 heterocycles. The summed E-state index contributed by atoms with van der Waals surface area (Å²) in [7, 11) is 1.60. The number of aliphatic hydroxyl groups is 1. The van der Waals surface area contributed by atoms with E-state index in [1.165, 1.54) is 0 Å². The molecule has 1 unspecified atom stereocenters. The highest BCUT2D eigenvalue weighted by Gasteiger charge is 2.16. The molecule has 3 nitrogen and oxygen atoms in total. The summed E-state index contributed by atoms with van der Waals surface area (Å²) in [5.41, 5.74) is 1.62. The molecule has 0 radical (unpaired) electrons. The molecule has 3 heteroatoms. The lowest BCUT2D eigenvalue weighted by molar-refractivity contribution is 0.0907. The average molecular weight is 222 g/mol. The maximum atomic E-state index is 12.0. The largest absolute Gasteiger partial charge is 0.497 e. The number of ether oxygens (including phenoxy) is 1. The van der Waals surface area contributed by atoms with Crippen LogP contribution in [0.1, 0.15) is 29.3 Å². The number of carbonyl (C=O) groups excluding carboxylic acids is 1. The van der Waals surface area contributed by atoms with Gasteiger partial charge in [-0.1, -0.05) is 6.92 Å².